The molecule has 0 fully saturated rings. The van der Waals surface area contributed by atoms with Crippen molar-refractivity contribution in [3.63, 3.8) is 0 Å². The first-order chi connectivity index (χ1) is 13.4. The van der Waals surface area contributed by atoms with Crippen molar-refractivity contribution in [1.82, 2.24) is 9.13 Å². The first-order valence-electron chi connectivity index (χ1n) is 8.63. The van der Waals surface area contributed by atoms with Crippen LogP contribution in [0.3, 0.4) is 0 Å². The lowest BCUT2D eigenvalue weighted by Gasteiger charge is -2.13. The molecule has 2 aromatic heterocycles. The van der Waals surface area contributed by atoms with Crippen LogP contribution in [0.15, 0.2) is 58.1 Å². The van der Waals surface area contributed by atoms with Gasteiger partial charge in [-0.15, -0.1) is 11.3 Å². The van der Waals surface area contributed by atoms with Crippen molar-refractivity contribution >= 4 is 33.2 Å². The number of halogens is 2. The van der Waals surface area contributed by atoms with Crippen molar-refractivity contribution in [3.8, 4) is 5.69 Å². The topological polar surface area (TPSA) is 44.0 Å². The Morgan fingerprint density at radius 3 is 2.39 bits per heavy atom. The van der Waals surface area contributed by atoms with E-state index in [2.05, 4.69) is 0 Å². The lowest BCUT2D eigenvalue weighted by Crippen LogP contribution is -2.39. The van der Waals surface area contributed by atoms with E-state index in [1.807, 2.05) is 32.0 Å². The minimum absolute atomic E-state index is 0.232. The lowest BCUT2D eigenvalue weighted by molar-refractivity contribution is 0.626. The second-order valence-corrected chi connectivity index (χ2v) is 8.15. The summed E-state index contributed by atoms with van der Waals surface area (Å²) in [7, 11) is 0. The third kappa shape index (κ3) is 2.99. The highest BCUT2D eigenvalue weighted by atomic mass is 35.5. The van der Waals surface area contributed by atoms with Crippen molar-refractivity contribution in [2.75, 3.05) is 0 Å². The van der Waals surface area contributed by atoms with Gasteiger partial charge in [-0.2, -0.15) is 0 Å². The van der Waals surface area contributed by atoms with Gasteiger partial charge in [0.2, 0.25) is 0 Å². The van der Waals surface area contributed by atoms with Gasteiger partial charge >= 0.3 is 5.69 Å². The molecule has 7 heteroatoms. The van der Waals surface area contributed by atoms with Crippen molar-refractivity contribution in [3.05, 3.63) is 96.2 Å². The molecule has 142 valence electrons. The van der Waals surface area contributed by atoms with Crippen LogP contribution in [0.2, 0.25) is 5.02 Å². The number of thiophene rings is 1. The van der Waals surface area contributed by atoms with Crippen LogP contribution in [0.25, 0.3) is 15.9 Å². The van der Waals surface area contributed by atoms with E-state index in [0.717, 1.165) is 20.6 Å². The summed E-state index contributed by atoms with van der Waals surface area (Å²) in [6.45, 7) is 4.02. The summed E-state index contributed by atoms with van der Waals surface area (Å²) in [4.78, 5) is 28.1. The van der Waals surface area contributed by atoms with E-state index in [1.165, 1.54) is 35.6 Å². The van der Waals surface area contributed by atoms with Crippen molar-refractivity contribution in [2.45, 2.75) is 20.4 Å². The maximum atomic E-state index is 13.4. The molecule has 28 heavy (non-hydrogen) atoms. The second-order valence-electron chi connectivity index (χ2n) is 6.54. The second kappa shape index (κ2) is 7.04. The molecule has 0 saturated carbocycles. The number of rotatable bonds is 3. The van der Waals surface area contributed by atoms with E-state index >= 15 is 0 Å². The van der Waals surface area contributed by atoms with Gasteiger partial charge in [-0.05, 0) is 55.3 Å². The highest BCUT2D eigenvalue weighted by molar-refractivity contribution is 7.18. The van der Waals surface area contributed by atoms with Gasteiger partial charge in [0.1, 0.15) is 10.6 Å². The number of aryl methyl sites for hydroxylation is 2. The van der Waals surface area contributed by atoms with Gasteiger partial charge in [-0.25, -0.2) is 13.8 Å². The number of aromatic nitrogens is 2. The van der Waals surface area contributed by atoms with Crippen LogP contribution in [0.5, 0.6) is 0 Å². The molecule has 4 aromatic rings. The zero-order chi connectivity index (χ0) is 20.0. The van der Waals surface area contributed by atoms with E-state index in [9.17, 15) is 14.0 Å². The molecule has 0 unspecified atom stereocenters. The third-order valence-corrected chi connectivity index (χ3v) is 6.42. The molecule has 0 saturated heterocycles. The van der Waals surface area contributed by atoms with Crippen LogP contribution in [-0.4, -0.2) is 9.13 Å². The van der Waals surface area contributed by atoms with Crippen LogP contribution in [0.1, 0.15) is 16.0 Å². The number of fused-ring (bicyclic) bond motifs is 1. The number of hydrogen-bond donors (Lipinski definition) is 0. The molecule has 0 amide bonds. The fourth-order valence-corrected chi connectivity index (χ4v) is 4.55. The average molecular weight is 415 g/mol. The summed E-state index contributed by atoms with van der Waals surface area (Å²) in [6, 6.07) is 12.6. The molecule has 0 aliphatic carbocycles. The molecule has 2 heterocycles. The monoisotopic (exact) mass is 414 g/mol. The smallest absolute Gasteiger partial charge is 0.279 e. The van der Waals surface area contributed by atoms with Gasteiger partial charge in [0, 0.05) is 9.90 Å². The zero-order valence-electron chi connectivity index (χ0n) is 15.2. The van der Waals surface area contributed by atoms with Crippen LogP contribution >= 0.6 is 22.9 Å². The fraction of sp³-hybridized carbons (Fsp3) is 0.143. The fourth-order valence-electron chi connectivity index (χ4n) is 3.21. The Labute approximate surface area is 169 Å². The maximum absolute atomic E-state index is 13.4. The number of hydrogen-bond acceptors (Lipinski definition) is 3. The number of benzene rings is 2. The van der Waals surface area contributed by atoms with Gasteiger partial charge in [-0.1, -0.05) is 29.8 Å². The molecule has 0 radical (unpaired) electrons. The predicted molar refractivity (Wildman–Crippen MR) is 112 cm³/mol. The Morgan fingerprint density at radius 1 is 1.04 bits per heavy atom. The van der Waals surface area contributed by atoms with Crippen LogP contribution in [-0.2, 0) is 6.54 Å². The molecule has 0 spiro atoms. The van der Waals surface area contributed by atoms with Crippen LogP contribution < -0.4 is 11.2 Å². The van der Waals surface area contributed by atoms with Crippen molar-refractivity contribution < 1.29 is 4.39 Å². The predicted octanol–water partition coefficient (Wildman–Crippen LogP) is 4.67. The van der Waals surface area contributed by atoms with Crippen LogP contribution in [0, 0.1) is 19.7 Å². The molecule has 0 aliphatic rings. The Morgan fingerprint density at radius 2 is 1.71 bits per heavy atom. The van der Waals surface area contributed by atoms with Gasteiger partial charge in [0.05, 0.1) is 17.6 Å². The summed E-state index contributed by atoms with van der Waals surface area (Å²) < 4.78 is 16.0. The largest absolute Gasteiger partial charge is 0.337 e. The van der Waals surface area contributed by atoms with Gasteiger partial charge in [-0.3, -0.25) is 9.36 Å². The Bertz CT molecular complexity index is 1320. The molecular formula is C21H16ClFN2O2S. The quantitative estimate of drug-likeness (QED) is 0.489. The summed E-state index contributed by atoms with van der Waals surface area (Å²) in [5, 5.41) is 1.05. The van der Waals surface area contributed by atoms with Crippen molar-refractivity contribution in [1.29, 1.82) is 0 Å². The normalized spacial score (nSPS) is 11.3. The molecule has 2 aromatic carbocycles. The molecule has 0 aliphatic heterocycles. The Balaban J connectivity index is 2.07. The van der Waals surface area contributed by atoms with Gasteiger partial charge in [0.25, 0.3) is 5.56 Å². The first-order valence-corrected chi connectivity index (χ1v) is 9.83. The molecule has 4 rings (SSSR count). The minimum atomic E-state index is -0.481. The minimum Gasteiger partial charge on any atom is -0.279 e. The molecule has 0 N–H and O–H groups in total. The Hall–Kier alpha value is -2.70. The SMILES string of the molecule is Cc1sc2c(c1C)c(=O)n(-c1ccc(F)cc1)c(=O)n2Cc1ccccc1Cl. The average Bonchev–Trinajstić information content (AvgIpc) is 2.97. The van der Waals surface area contributed by atoms with Crippen molar-refractivity contribution in [2.24, 2.45) is 0 Å². The van der Waals surface area contributed by atoms with E-state index in [-0.39, 0.29) is 6.54 Å². The molecule has 0 atom stereocenters. The van der Waals surface area contributed by atoms with Crippen LogP contribution in [0.4, 0.5) is 4.39 Å². The first kappa shape index (κ1) is 18.7. The molecule has 4 nitrogen and oxygen atoms in total. The van der Waals surface area contributed by atoms with E-state index in [4.69, 9.17) is 11.6 Å². The molecule has 0 bridgehead atoms. The highest BCUT2D eigenvalue weighted by Gasteiger charge is 2.20. The third-order valence-electron chi connectivity index (χ3n) is 4.82. The summed E-state index contributed by atoms with van der Waals surface area (Å²) >= 11 is 7.71. The summed E-state index contributed by atoms with van der Waals surface area (Å²) in [5.74, 6) is -0.433. The van der Waals surface area contributed by atoms with E-state index in [0.29, 0.717) is 20.9 Å². The summed E-state index contributed by atoms with van der Waals surface area (Å²) in [6.07, 6.45) is 0. The number of nitrogens with zero attached hydrogens (tertiary/aromatic N) is 2. The standard InChI is InChI=1S/C21H16ClFN2O2S/c1-12-13(2)28-20-18(12)19(26)25(16-9-7-15(23)8-10-16)21(27)24(20)11-14-5-3-4-6-17(14)22/h3-10H,11H2,1-2H3. The maximum Gasteiger partial charge on any atom is 0.337 e. The summed E-state index contributed by atoms with van der Waals surface area (Å²) in [5.41, 5.74) is 1.07. The van der Waals surface area contributed by atoms with Gasteiger partial charge in [0.15, 0.2) is 0 Å². The van der Waals surface area contributed by atoms with E-state index in [1.54, 1.807) is 10.6 Å². The lowest BCUT2D eigenvalue weighted by atomic mass is 10.2. The van der Waals surface area contributed by atoms with E-state index < -0.39 is 17.1 Å². The zero-order valence-corrected chi connectivity index (χ0v) is 16.8. The highest BCUT2D eigenvalue weighted by Crippen LogP contribution is 2.28. The molecular weight excluding hydrogens is 399 g/mol. The Kier molecular flexibility index (Phi) is 4.69. The van der Waals surface area contributed by atoms with Gasteiger partial charge < -0.3 is 0 Å².